The van der Waals surface area contributed by atoms with E-state index in [2.05, 4.69) is 26.6 Å². The molecule has 2 N–H and O–H groups in total. The Bertz CT molecular complexity index is 533. The fraction of sp³-hybridized carbons (Fsp3) is 0.200. The SMILES string of the molecule is O=C1NC(c2ccc(Br)s2)C2=C1CNC2=O. The van der Waals surface area contributed by atoms with Crippen LogP contribution < -0.4 is 10.6 Å². The van der Waals surface area contributed by atoms with Gasteiger partial charge in [0.15, 0.2) is 0 Å². The Morgan fingerprint density at radius 3 is 2.81 bits per heavy atom. The number of hydrogen-bond acceptors (Lipinski definition) is 3. The fourth-order valence-electron chi connectivity index (χ4n) is 1.99. The maximum atomic E-state index is 11.6. The number of amides is 2. The van der Waals surface area contributed by atoms with Gasteiger partial charge in [0.05, 0.1) is 15.4 Å². The van der Waals surface area contributed by atoms with Crippen LogP contribution in [-0.4, -0.2) is 18.4 Å². The highest BCUT2D eigenvalue weighted by molar-refractivity contribution is 9.11. The minimum absolute atomic E-state index is 0.136. The van der Waals surface area contributed by atoms with Crippen molar-refractivity contribution in [2.45, 2.75) is 6.04 Å². The third-order valence-corrected chi connectivity index (χ3v) is 4.40. The lowest BCUT2D eigenvalue weighted by molar-refractivity contribution is -0.117. The lowest BCUT2D eigenvalue weighted by atomic mass is 10.1. The number of carbonyl (C=O) groups excluding carboxylic acids is 2. The normalized spacial score (nSPS) is 23.4. The van der Waals surface area contributed by atoms with Gasteiger partial charge in [0.2, 0.25) is 5.91 Å². The van der Waals surface area contributed by atoms with Crippen molar-refractivity contribution in [3.8, 4) is 0 Å². The Hall–Kier alpha value is -1.14. The Morgan fingerprint density at radius 1 is 1.31 bits per heavy atom. The van der Waals surface area contributed by atoms with Gasteiger partial charge >= 0.3 is 0 Å². The van der Waals surface area contributed by atoms with Crippen LogP contribution in [0.3, 0.4) is 0 Å². The number of rotatable bonds is 1. The molecule has 0 spiro atoms. The molecule has 4 nitrogen and oxygen atoms in total. The number of nitrogens with one attached hydrogen (secondary N) is 2. The van der Waals surface area contributed by atoms with E-state index in [4.69, 9.17) is 0 Å². The second kappa shape index (κ2) is 3.43. The summed E-state index contributed by atoms with van der Waals surface area (Å²) in [5.74, 6) is -0.272. The molecule has 6 heteroatoms. The molecule has 0 fully saturated rings. The van der Waals surface area contributed by atoms with E-state index in [0.29, 0.717) is 17.7 Å². The second-order valence-corrected chi connectivity index (χ2v) is 6.12. The third kappa shape index (κ3) is 1.33. The van der Waals surface area contributed by atoms with Gasteiger partial charge in [-0.2, -0.15) is 0 Å². The molecule has 0 saturated heterocycles. The molecule has 3 rings (SSSR count). The van der Waals surface area contributed by atoms with Crippen LogP contribution in [0.5, 0.6) is 0 Å². The maximum absolute atomic E-state index is 11.6. The smallest absolute Gasteiger partial charge is 0.250 e. The molecular formula is C10H7BrN2O2S. The van der Waals surface area contributed by atoms with Crippen molar-refractivity contribution in [2.24, 2.45) is 0 Å². The summed E-state index contributed by atoms with van der Waals surface area (Å²) in [7, 11) is 0. The van der Waals surface area contributed by atoms with Crippen LogP contribution in [0.4, 0.5) is 0 Å². The zero-order chi connectivity index (χ0) is 11.3. The van der Waals surface area contributed by atoms with Crippen molar-refractivity contribution in [1.29, 1.82) is 0 Å². The van der Waals surface area contributed by atoms with Crippen molar-refractivity contribution in [3.63, 3.8) is 0 Å². The summed E-state index contributed by atoms with van der Waals surface area (Å²) < 4.78 is 0.990. The summed E-state index contributed by atoms with van der Waals surface area (Å²) in [6.07, 6.45) is 0. The van der Waals surface area contributed by atoms with Gasteiger partial charge in [-0.15, -0.1) is 11.3 Å². The summed E-state index contributed by atoms with van der Waals surface area (Å²) in [6, 6.07) is 3.56. The highest BCUT2D eigenvalue weighted by Crippen LogP contribution is 2.37. The van der Waals surface area contributed by atoms with Crippen LogP contribution in [0.2, 0.25) is 0 Å². The first kappa shape index (κ1) is 10.0. The van der Waals surface area contributed by atoms with E-state index in [1.165, 1.54) is 11.3 Å². The highest BCUT2D eigenvalue weighted by Gasteiger charge is 2.40. The van der Waals surface area contributed by atoms with E-state index in [1.807, 2.05) is 12.1 Å². The monoisotopic (exact) mass is 298 g/mol. The van der Waals surface area contributed by atoms with Crippen molar-refractivity contribution in [3.05, 3.63) is 31.9 Å². The van der Waals surface area contributed by atoms with Gasteiger partial charge in [-0.3, -0.25) is 9.59 Å². The molecule has 0 radical (unpaired) electrons. The average Bonchev–Trinajstić information content (AvgIpc) is 2.88. The molecule has 82 valence electrons. The molecule has 3 heterocycles. The van der Waals surface area contributed by atoms with Crippen molar-refractivity contribution < 1.29 is 9.59 Å². The fourth-order valence-corrected chi connectivity index (χ4v) is 3.48. The molecule has 0 aromatic carbocycles. The molecule has 2 aliphatic heterocycles. The second-order valence-electron chi connectivity index (χ2n) is 3.62. The van der Waals surface area contributed by atoms with Gasteiger partial charge in [0.1, 0.15) is 0 Å². The largest absolute Gasteiger partial charge is 0.348 e. The first-order valence-electron chi connectivity index (χ1n) is 4.74. The highest BCUT2D eigenvalue weighted by atomic mass is 79.9. The molecule has 1 aromatic rings. The minimum Gasteiger partial charge on any atom is -0.348 e. The molecule has 0 saturated carbocycles. The molecule has 1 aromatic heterocycles. The van der Waals surface area contributed by atoms with Crippen LogP contribution in [0.1, 0.15) is 10.9 Å². The van der Waals surface area contributed by atoms with Crippen LogP contribution in [0.15, 0.2) is 27.1 Å². The first-order valence-corrected chi connectivity index (χ1v) is 6.35. The van der Waals surface area contributed by atoms with Crippen LogP contribution in [0.25, 0.3) is 0 Å². The molecule has 2 amide bonds. The van der Waals surface area contributed by atoms with E-state index >= 15 is 0 Å². The quantitative estimate of drug-likeness (QED) is 0.816. The van der Waals surface area contributed by atoms with Gasteiger partial charge in [-0.1, -0.05) is 0 Å². The van der Waals surface area contributed by atoms with Crippen molar-refractivity contribution in [1.82, 2.24) is 10.6 Å². The van der Waals surface area contributed by atoms with Crippen LogP contribution in [-0.2, 0) is 9.59 Å². The van der Waals surface area contributed by atoms with E-state index in [0.717, 1.165) is 8.66 Å². The van der Waals surface area contributed by atoms with Gasteiger partial charge in [0.25, 0.3) is 5.91 Å². The molecule has 0 bridgehead atoms. The summed E-state index contributed by atoms with van der Waals surface area (Å²) in [4.78, 5) is 24.2. The third-order valence-electron chi connectivity index (χ3n) is 2.71. The summed E-state index contributed by atoms with van der Waals surface area (Å²) in [5.41, 5.74) is 1.17. The predicted octanol–water partition coefficient (Wildman–Crippen LogP) is 1.11. The maximum Gasteiger partial charge on any atom is 0.250 e. The molecule has 0 aliphatic carbocycles. The molecule has 1 atom stereocenters. The standard InChI is InChI=1S/C10H7BrN2O2S/c11-6-2-1-5(16-6)8-7-4(9(14)13-8)3-12-10(7)15/h1-2,8H,3H2,(H,12,15)(H,13,14). The van der Waals surface area contributed by atoms with E-state index < -0.39 is 0 Å². The number of thiophene rings is 1. The number of halogens is 1. The summed E-state index contributed by atoms with van der Waals surface area (Å²) in [6.45, 7) is 0.350. The molecular weight excluding hydrogens is 292 g/mol. The van der Waals surface area contributed by atoms with Crippen molar-refractivity contribution in [2.75, 3.05) is 6.54 Å². The lowest BCUT2D eigenvalue weighted by Crippen LogP contribution is -2.30. The van der Waals surface area contributed by atoms with Crippen LogP contribution >= 0.6 is 27.3 Å². The molecule has 16 heavy (non-hydrogen) atoms. The van der Waals surface area contributed by atoms with Crippen molar-refractivity contribution >= 4 is 39.1 Å². The zero-order valence-corrected chi connectivity index (χ0v) is 10.4. The summed E-state index contributed by atoms with van der Waals surface area (Å²) >= 11 is 4.90. The van der Waals surface area contributed by atoms with Gasteiger partial charge in [-0.25, -0.2) is 0 Å². The Balaban J connectivity index is 2.05. The zero-order valence-electron chi connectivity index (χ0n) is 8.04. The summed E-state index contributed by atoms with van der Waals surface area (Å²) in [5, 5.41) is 5.51. The topological polar surface area (TPSA) is 58.2 Å². The Kier molecular flexibility index (Phi) is 2.15. The molecule has 2 aliphatic rings. The number of hydrogen-bond donors (Lipinski definition) is 2. The minimum atomic E-state index is -0.277. The number of carbonyl (C=O) groups is 2. The Morgan fingerprint density at radius 2 is 2.12 bits per heavy atom. The van der Waals surface area contributed by atoms with Gasteiger partial charge in [0, 0.05) is 17.0 Å². The van der Waals surface area contributed by atoms with E-state index in [-0.39, 0.29) is 17.9 Å². The van der Waals surface area contributed by atoms with Gasteiger partial charge in [-0.05, 0) is 28.1 Å². The molecule has 1 unspecified atom stereocenters. The van der Waals surface area contributed by atoms with Crippen LogP contribution in [0, 0.1) is 0 Å². The van der Waals surface area contributed by atoms with E-state index in [1.54, 1.807) is 0 Å². The average molecular weight is 299 g/mol. The predicted molar refractivity (Wildman–Crippen MR) is 62.9 cm³/mol. The van der Waals surface area contributed by atoms with E-state index in [9.17, 15) is 9.59 Å². The van der Waals surface area contributed by atoms with Gasteiger partial charge < -0.3 is 10.6 Å². The lowest BCUT2D eigenvalue weighted by Gasteiger charge is -2.11. The first-order chi connectivity index (χ1) is 7.66. The Labute approximate surface area is 104 Å².